The van der Waals surface area contributed by atoms with Gasteiger partial charge in [-0.2, -0.15) is 0 Å². The summed E-state index contributed by atoms with van der Waals surface area (Å²) in [6.07, 6.45) is 4.25. The molecule has 0 aliphatic carbocycles. The normalized spacial score (nSPS) is 34.4. The second-order valence-electron chi connectivity index (χ2n) is 6.15. The number of likely N-dealkylation sites (N-methyl/N-ethyl adjacent to an activating group) is 1. The fraction of sp³-hybridized carbons (Fsp3) is 1.00. The number of piperazine rings is 1. The first kappa shape index (κ1) is 11.4. The minimum absolute atomic E-state index is 0.354. The highest BCUT2D eigenvalue weighted by Crippen LogP contribution is 2.31. The highest BCUT2D eigenvalue weighted by atomic mass is 15.3. The van der Waals surface area contributed by atoms with Crippen LogP contribution in [-0.4, -0.2) is 47.1 Å². The SMILES string of the molecule is CCN1CC2CCCC1CN2C(C)(C)C. The molecule has 2 nitrogen and oxygen atoms in total. The van der Waals surface area contributed by atoms with Crippen molar-refractivity contribution in [2.45, 2.75) is 64.6 Å². The number of rotatable bonds is 1. The van der Waals surface area contributed by atoms with Gasteiger partial charge in [-0.1, -0.05) is 13.3 Å². The molecule has 15 heavy (non-hydrogen) atoms. The largest absolute Gasteiger partial charge is 0.298 e. The molecule has 3 rings (SSSR count). The molecule has 0 aromatic heterocycles. The van der Waals surface area contributed by atoms with Gasteiger partial charge < -0.3 is 0 Å². The topological polar surface area (TPSA) is 6.48 Å². The van der Waals surface area contributed by atoms with E-state index in [0.29, 0.717) is 5.54 Å². The Bertz CT molecular complexity index is 219. The van der Waals surface area contributed by atoms with E-state index in [-0.39, 0.29) is 0 Å². The molecule has 3 aliphatic heterocycles. The molecule has 3 aliphatic rings. The summed E-state index contributed by atoms with van der Waals surface area (Å²) in [6, 6.07) is 1.64. The maximum Gasteiger partial charge on any atom is 0.0229 e. The molecule has 0 saturated carbocycles. The average molecular weight is 210 g/mol. The molecule has 2 bridgehead atoms. The van der Waals surface area contributed by atoms with Gasteiger partial charge in [-0.15, -0.1) is 0 Å². The summed E-state index contributed by atoms with van der Waals surface area (Å²) in [7, 11) is 0. The van der Waals surface area contributed by atoms with Gasteiger partial charge in [0.2, 0.25) is 0 Å². The predicted octanol–water partition coefficient (Wildman–Crippen LogP) is 2.34. The van der Waals surface area contributed by atoms with E-state index in [1.54, 1.807) is 0 Å². The van der Waals surface area contributed by atoms with E-state index in [2.05, 4.69) is 37.5 Å². The summed E-state index contributed by atoms with van der Waals surface area (Å²) in [6.45, 7) is 13.2. The first-order valence-electron chi connectivity index (χ1n) is 6.53. The van der Waals surface area contributed by atoms with Crippen molar-refractivity contribution in [3.05, 3.63) is 0 Å². The van der Waals surface area contributed by atoms with Crippen molar-refractivity contribution in [3.63, 3.8) is 0 Å². The van der Waals surface area contributed by atoms with Gasteiger partial charge >= 0.3 is 0 Å². The fourth-order valence-corrected chi connectivity index (χ4v) is 3.33. The van der Waals surface area contributed by atoms with Gasteiger partial charge in [0.25, 0.3) is 0 Å². The molecule has 2 heteroatoms. The van der Waals surface area contributed by atoms with E-state index in [1.807, 2.05) is 0 Å². The van der Waals surface area contributed by atoms with Crippen LogP contribution < -0.4 is 0 Å². The smallest absolute Gasteiger partial charge is 0.0229 e. The summed E-state index contributed by atoms with van der Waals surface area (Å²) in [5.74, 6) is 0. The lowest BCUT2D eigenvalue weighted by molar-refractivity contribution is -0.00898. The maximum atomic E-state index is 2.75. The molecule has 3 heterocycles. The third-order valence-corrected chi connectivity index (χ3v) is 4.15. The lowest BCUT2D eigenvalue weighted by Gasteiger charge is -2.49. The molecule has 2 atom stereocenters. The Morgan fingerprint density at radius 3 is 2.33 bits per heavy atom. The van der Waals surface area contributed by atoms with Gasteiger partial charge in [0, 0.05) is 30.7 Å². The zero-order chi connectivity index (χ0) is 11.1. The first-order chi connectivity index (χ1) is 7.02. The summed E-state index contributed by atoms with van der Waals surface area (Å²) in [4.78, 5) is 5.44. The van der Waals surface area contributed by atoms with Crippen molar-refractivity contribution in [1.29, 1.82) is 0 Å². The van der Waals surface area contributed by atoms with Crippen molar-refractivity contribution in [1.82, 2.24) is 9.80 Å². The molecule has 3 saturated heterocycles. The maximum absolute atomic E-state index is 2.75. The molecular formula is C13H26N2. The molecular weight excluding hydrogens is 184 g/mol. The van der Waals surface area contributed by atoms with Crippen LogP contribution in [0, 0.1) is 0 Å². The molecule has 0 radical (unpaired) electrons. The van der Waals surface area contributed by atoms with E-state index in [4.69, 9.17) is 0 Å². The Labute approximate surface area is 94.6 Å². The minimum atomic E-state index is 0.354. The first-order valence-corrected chi connectivity index (χ1v) is 6.53. The third-order valence-electron chi connectivity index (χ3n) is 4.15. The van der Waals surface area contributed by atoms with Crippen molar-refractivity contribution in [2.75, 3.05) is 19.6 Å². The van der Waals surface area contributed by atoms with Crippen LogP contribution in [0.4, 0.5) is 0 Å². The van der Waals surface area contributed by atoms with Gasteiger partial charge in [-0.3, -0.25) is 9.80 Å². The van der Waals surface area contributed by atoms with Crippen molar-refractivity contribution >= 4 is 0 Å². The van der Waals surface area contributed by atoms with Crippen LogP contribution in [0.5, 0.6) is 0 Å². The van der Waals surface area contributed by atoms with Gasteiger partial charge in [-0.25, -0.2) is 0 Å². The number of nitrogens with zero attached hydrogens (tertiary/aromatic N) is 2. The fourth-order valence-electron chi connectivity index (χ4n) is 3.33. The summed E-state index contributed by atoms with van der Waals surface area (Å²) < 4.78 is 0. The van der Waals surface area contributed by atoms with Crippen molar-refractivity contribution in [2.24, 2.45) is 0 Å². The highest BCUT2D eigenvalue weighted by Gasteiger charge is 2.39. The van der Waals surface area contributed by atoms with Gasteiger partial charge in [0.1, 0.15) is 0 Å². The number of fused-ring (bicyclic) bond motifs is 4. The van der Waals surface area contributed by atoms with E-state index in [0.717, 1.165) is 12.1 Å². The number of hydrogen-bond donors (Lipinski definition) is 0. The van der Waals surface area contributed by atoms with E-state index < -0.39 is 0 Å². The third kappa shape index (κ3) is 2.21. The summed E-state index contributed by atoms with van der Waals surface area (Å²) in [5, 5.41) is 0. The number of hydrogen-bond acceptors (Lipinski definition) is 2. The van der Waals surface area contributed by atoms with Gasteiger partial charge in [-0.05, 0) is 40.2 Å². The van der Waals surface area contributed by atoms with Crippen LogP contribution in [0.1, 0.15) is 47.0 Å². The second kappa shape index (κ2) is 4.06. The Balaban J connectivity index is 2.14. The molecule has 2 unspecified atom stereocenters. The summed E-state index contributed by atoms with van der Waals surface area (Å²) >= 11 is 0. The van der Waals surface area contributed by atoms with Crippen molar-refractivity contribution < 1.29 is 0 Å². The second-order valence-corrected chi connectivity index (χ2v) is 6.15. The average Bonchev–Trinajstić information content (AvgIpc) is 2.47. The highest BCUT2D eigenvalue weighted by molar-refractivity contribution is 4.96. The Morgan fingerprint density at radius 1 is 1.07 bits per heavy atom. The van der Waals surface area contributed by atoms with Crippen LogP contribution in [0.25, 0.3) is 0 Å². The van der Waals surface area contributed by atoms with Gasteiger partial charge in [0.15, 0.2) is 0 Å². The molecule has 88 valence electrons. The van der Waals surface area contributed by atoms with Crippen LogP contribution in [0.2, 0.25) is 0 Å². The lowest BCUT2D eigenvalue weighted by atomic mass is 9.98. The van der Waals surface area contributed by atoms with E-state index in [9.17, 15) is 0 Å². The van der Waals surface area contributed by atoms with E-state index in [1.165, 1.54) is 38.9 Å². The summed E-state index contributed by atoms with van der Waals surface area (Å²) in [5.41, 5.74) is 0.354. The van der Waals surface area contributed by atoms with Crippen LogP contribution in [0.3, 0.4) is 0 Å². The molecule has 0 aromatic rings. The molecule has 0 amide bonds. The lowest BCUT2D eigenvalue weighted by Crippen LogP contribution is -2.61. The Kier molecular flexibility index (Phi) is 3.09. The zero-order valence-electron chi connectivity index (χ0n) is 10.8. The molecule has 0 spiro atoms. The minimum Gasteiger partial charge on any atom is -0.298 e. The van der Waals surface area contributed by atoms with Crippen LogP contribution >= 0.6 is 0 Å². The Morgan fingerprint density at radius 2 is 1.73 bits per heavy atom. The van der Waals surface area contributed by atoms with Crippen molar-refractivity contribution in [3.8, 4) is 0 Å². The van der Waals surface area contributed by atoms with Crippen LogP contribution in [0.15, 0.2) is 0 Å². The monoisotopic (exact) mass is 210 g/mol. The predicted molar refractivity (Wildman–Crippen MR) is 65.1 cm³/mol. The molecule has 0 N–H and O–H groups in total. The quantitative estimate of drug-likeness (QED) is 0.655. The molecule has 3 fully saturated rings. The Hall–Kier alpha value is -0.0800. The van der Waals surface area contributed by atoms with Crippen LogP contribution in [-0.2, 0) is 0 Å². The van der Waals surface area contributed by atoms with Gasteiger partial charge in [0.05, 0.1) is 0 Å². The molecule has 0 aromatic carbocycles. The van der Waals surface area contributed by atoms with E-state index >= 15 is 0 Å². The zero-order valence-corrected chi connectivity index (χ0v) is 10.8. The standard InChI is InChI=1S/C13H26N2/c1-5-14-9-12-8-6-7-11(14)10-15(12)13(2,3)4/h11-12H,5-10H2,1-4H3.